The summed E-state index contributed by atoms with van der Waals surface area (Å²) in [6, 6.07) is 21.1. The Morgan fingerprint density at radius 2 is 1.59 bits per heavy atom. The Kier molecular flexibility index (Phi) is 7.24. The summed E-state index contributed by atoms with van der Waals surface area (Å²) in [7, 11) is 0. The number of piperidine rings is 1. The number of aromatic nitrogens is 1. The van der Waals surface area contributed by atoms with Gasteiger partial charge in [-0.1, -0.05) is 60.7 Å². The molecular formula is C30H33N3O4. The normalized spacial score (nSPS) is 17.3. The van der Waals surface area contributed by atoms with Crippen LogP contribution in [0.3, 0.4) is 0 Å². The van der Waals surface area contributed by atoms with Gasteiger partial charge in [0.15, 0.2) is 0 Å². The molecule has 1 N–H and O–H groups in total. The van der Waals surface area contributed by atoms with Crippen molar-refractivity contribution in [2.24, 2.45) is 0 Å². The number of aliphatic hydroxyl groups is 1. The van der Waals surface area contributed by atoms with E-state index in [1.807, 2.05) is 65.6 Å². The second-order valence-corrected chi connectivity index (χ2v) is 10.1. The van der Waals surface area contributed by atoms with Crippen molar-refractivity contribution >= 4 is 17.5 Å². The van der Waals surface area contributed by atoms with Gasteiger partial charge in [0, 0.05) is 50.3 Å². The van der Waals surface area contributed by atoms with Crippen LogP contribution in [0.25, 0.3) is 11.1 Å². The van der Waals surface area contributed by atoms with Crippen LogP contribution >= 0.6 is 0 Å². The molecule has 0 saturated carbocycles. The number of benzene rings is 2. The lowest BCUT2D eigenvalue weighted by Crippen LogP contribution is -2.49. The number of aryl methyl sites for hydroxylation is 1. The van der Waals surface area contributed by atoms with Gasteiger partial charge in [0.25, 0.3) is 5.56 Å². The summed E-state index contributed by atoms with van der Waals surface area (Å²) in [5.74, 6) is 0.133. The molecule has 0 unspecified atom stereocenters. The lowest BCUT2D eigenvalue weighted by Gasteiger charge is -2.38. The van der Waals surface area contributed by atoms with Crippen LogP contribution in [-0.2, 0) is 22.6 Å². The SMILES string of the molecule is O=C(CCc1ccccc1)N1CCC(O)(Cn2cc(N3CCCC3=O)c(-c3ccccc3)cc2=O)CC1. The lowest BCUT2D eigenvalue weighted by molar-refractivity contribution is -0.135. The van der Waals surface area contributed by atoms with Crippen LogP contribution in [0.1, 0.15) is 37.7 Å². The minimum Gasteiger partial charge on any atom is -0.388 e. The van der Waals surface area contributed by atoms with Crippen LogP contribution in [-0.4, -0.2) is 51.6 Å². The molecule has 2 fully saturated rings. The molecule has 2 aliphatic rings. The van der Waals surface area contributed by atoms with Crippen molar-refractivity contribution < 1.29 is 14.7 Å². The van der Waals surface area contributed by atoms with E-state index >= 15 is 0 Å². The van der Waals surface area contributed by atoms with Crippen LogP contribution in [0, 0.1) is 0 Å². The highest BCUT2D eigenvalue weighted by atomic mass is 16.3. The van der Waals surface area contributed by atoms with Gasteiger partial charge in [0.2, 0.25) is 11.8 Å². The monoisotopic (exact) mass is 499 g/mol. The summed E-state index contributed by atoms with van der Waals surface area (Å²) in [6.07, 6.45) is 4.93. The van der Waals surface area contributed by atoms with E-state index in [0.29, 0.717) is 57.4 Å². The Balaban J connectivity index is 1.30. The zero-order valence-electron chi connectivity index (χ0n) is 21.0. The summed E-state index contributed by atoms with van der Waals surface area (Å²) in [5, 5.41) is 11.4. The Bertz CT molecular complexity index is 1310. The van der Waals surface area contributed by atoms with E-state index in [4.69, 9.17) is 0 Å². The number of anilines is 1. The first-order valence-electron chi connectivity index (χ1n) is 13.1. The quantitative estimate of drug-likeness (QED) is 0.538. The van der Waals surface area contributed by atoms with Crippen molar-refractivity contribution in [1.82, 2.24) is 9.47 Å². The first-order valence-corrected chi connectivity index (χ1v) is 13.1. The van der Waals surface area contributed by atoms with Crippen LogP contribution in [0.4, 0.5) is 5.69 Å². The van der Waals surface area contributed by atoms with Gasteiger partial charge in [-0.25, -0.2) is 0 Å². The van der Waals surface area contributed by atoms with E-state index < -0.39 is 5.60 Å². The fourth-order valence-corrected chi connectivity index (χ4v) is 5.35. The molecule has 5 rings (SSSR count). The molecule has 2 saturated heterocycles. The van der Waals surface area contributed by atoms with Crippen molar-refractivity contribution in [3.05, 3.63) is 88.8 Å². The summed E-state index contributed by atoms with van der Waals surface area (Å²) >= 11 is 0. The van der Waals surface area contributed by atoms with Gasteiger partial charge in [0.05, 0.1) is 17.8 Å². The molecule has 2 aromatic carbocycles. The average Bonchev–Trinajstić information content (AvgIpc) is 3.35. The van der Waals surface area contributed by atoms with Crippen LogP contribution in [0.15, 0.2) is 77.7 Å². The van der Waals surface area contributed by atoms with Crippen molar-refractivity contribution in [3.8, 4) is 11.1 Å². The minimum absolute atomic E-state index is 0.0448. The zero-order valence-corrected chi connectivity index (χ0v) is 21.0. The second-order valence-electron chi connectivity index (χ2n) is 10.1. The maximum atomic E-state index is 13.2. The average molecular weight is 500 g/mol. The molecule has 192 valence electrons. The van der Waals surface area contributed by atoms with E-state index in [1.165, 1.54) is 4.57 Å². The Labute approximate surface area is 217 Å². The van der Waals surface area contributed by atoms with Gasteiger partial charge in [0.1, 0.15) is 0 Å². The minimum atomic E-state index is -1.10. The molecule has 3 aromatic rings. The highest BCUT2D eigenvalue weighted by Crippen LogP contribution is 2.33. The number of hydrogen-bond donors (Lipinski definition) is 1. The Morgan fingerprint density at radius 3 is 2.24 bits per heavy atom. The first kappa shape index (κ1) is 25.0. The Morgan fingerprint density at radius 1 is 0.919 bits per heavy atom. The van der Waals surface area contributed by atoms with E-state index in [1.54, 1.807) is 17.2 Å². The maximum Gasteiger partial charge on any atom is 0.251 e. The highest BCUT2D eigenvalue weighted by Gasteiger charge is 2.35. The van der Waals surface area contributed by atoms with Gasteiger partial charge >= 0.3 is 0 Å². The van der Waals surface area contributed by atoms with Gasteiger partial charge in [-0.2, -0.15) is 0 Å². The van der Waals surface area contributed by atoms with Crippen molar-refractivity contribution in [3.63, 3.8) is 0 Å². The standard InChI is InChI=1S/C30H33N3O4/c34-27(14-13-23-8-3-1-4-9-23)31-18-15-30(37,16-19-31)22-32-21-26(33-17-7-12-28(33)35)25(20-29(32)36)24-10-5-2-6-11-24/h1-6,8-11,20-21,37H,7,12-19,22H2. The number of carbonyl (C=O) groups is 2. The first-order chi connectivity index (χ1) is 17.9. The third kappa shape index (κ3) is 5.67. The summed E-state index contributed by atoms with van der Waals surface area (Å²) < 4.78 is 1.53. The number of likely N-dealkylation sites (tertiary alicyclic amines) is 1. The van der Waals surface area contributed by atoms with Crippen LogP contribution < -0.4 is 10.5 Å². The van der Waals surface area contributed by atoms with Crippen molar-refractivity contribution in [1.29, 1.82) is 0 Å². The number of amides is 2. The molecule has 3 heterocycles. The Hall–Kier alpha value is -3.71. The summed E-state index contributed by atoms with van der Waals surface area (Å²) in [6.45, 7) is 1.65. The molecule has 2 aliphatic heterocycles. The summed E-state index contributed by atoms with van der Waals surface area (Å²) in [5.41, 5.74) is 2.12. The van der Waals surface area contributed by atoms with E-state index in [0.717, 1.165) is 23.1 Å². The number of pyridine rings is 1. The van der Waals surface area contributed by atoms with Crippen molar-refractivity contribution in [2.45, 2.75) is 50.7 Å². The second kappa shape index (κ2) is 10.7. The van der Waals surface area contributed by atoms with Crippen molar-refractivity contribution in [2.75, 3.05) is 24.5 Å². The third-order valence-electron chi connectivity index (χ3n) is 7.54. The fraction of sp³-hybridized carbons (Fsp3) is 0.367. The highest BCUT2D eigenvalue weighted by molar-refractivity contribution is 5.99. The molecule has 1 aromatic heterocycles. The summed E-state index contributed by atoms with van der Waals surface area (Å²) in [4.78, 5) is 42.1. The van der Waals surface area contributed by atoms with E-state index in [9.17, 15) is 19.5 Å². The topological polar surface area (TPSA) is 82.8 Å². The zero-order chi connectivity index (χ0) is 25.8. The molecule has 0 bridgehead atoms. The number of carbonyl (C=O) groups excluding carboxylic acids is 2. The molecule has 0 atom stereocenters. The van der Waals surface area contributed by atoms with Gasteiger partial charge in [-0.05, 0) is 36.8 Å². The van der Waals surface area contributed by atoms with Gasteiger partial charge in [-0.3, -0.25) is 14.4 Å². The van der Waals surface area contributed by atoms with E-state index in [-0.39, 0.29) is 23.9 Å². The molecule has 7 heteroatoms. The predicted octanol–water partition coefficient (Wildman–Crippen LogP) is 3.63. The smallest absolute Gasteiger partial charge is 0.251 e. The maximum absolute atomic E-state index is 13.2. The third-order valence-corrected chi connectivity index (χ3v) is 7.54. The van der Waals surface area contributed by atoms with Crippen LogP contribution in [0.2, 0.25) is 0 Å². The molecule has 2 amide bonds. The molecule has 0 radical (unpaired) electrons. The largest absolute Gasteiger partial charge is 0.388 e. The van der Waals surface area contributed by atoms with E-state index in [2.05, 4.69) is 0 Å². The number of hydrogen-bond acceptors (Lipinski definition) is 4. The molecule has 0 aliphatic carbocycles. The predicted molar refractivity (Wildman–Crippen MR) is 143 cm³/mol. The number of rotatable bonds is 7. The van der Waals surface area contributed by atoms with Gasteiger partial charge in [-0.15, -0.1) is 0 Å². The molecule has 7 nitrogen and oxygen atoms in total. The van der Waals surface area contributed by atoms with Gasteiger partial charge < -0.3 is 19.5 Å². The lowest BCUT2D eigenvalue weighted by atomic mass is 9.90. The fourth-order valence-electron chi connectivity index (χ4n) is 5.35. The molecule has 37 heavy (non-hydrogen) atoms. The molecule has 0 spiro atoms. The van der Waals surface area contributed by atoms with Crippen LogP contribution in [0.5, 0.6) is 0 Å². The molecular weight excluding hydrogens is 466 g/mol. The number of nitrogens with zero attached hydrogens (tertiary/aromatic N) is 3.